The van der Waals surface area contributed by atoms with Crippen LogP contribution in [-0.4, -0.2) is 28.5 Å². The lowest BCUT2D eigenvalue weighted by molar-refractivity contribution is -0.142. The molecule has 1 amide bonds. The van der Waals surface area contributed by atoms with Crippen LogP contribution in [0.5, 0.6) is 0 Å². The van der Waals surface area contributed by atoms with E-state index in [2.05, 4.69) is 10.3 Å². The summed E-state index contributed by atoms with van der Waals surface area (Å²) in [4.78, 5) is 28.0. The van der Waals surface area contributed by atoms with Gasteiger partial charge in [-0.1, -0.05) is 37.6 Å². The van der Waals surface area contributed by atoms with E-state index in [4.69, 9.17) is 11.6 Å². The second-order valence-corrected chi connectivity index (χ2v) is 6.69. The molecule has 2 N–H and O–H groups in total. The topological polar surface area (TPSA) is 79.3 Å². The minimum atomic E-state index is -0.915. The molecule has 0 fully saturated rings. The predicted molar refractivity (Wildman–Crippen MR) is 97.6 cm³/mol. The van der Waals surface area contributed by atoms with Crippen LogP contribution in [0.3, 0.4) is 0 Å². The minimum Gasteiger partial charge on any atom is -0.481 e. The van der Waals surface area contributed by atoms with Crippen molar-refractivity contribution in [1.82, 2.24) is 10.3 Å². The first-order valence-electron chi connectivity index (χ1n) is 8.10. The van der Waals surface area contributed by atoms with Crippen LogP contribution in [-0.2, 0) is 4.79 Å². The van der Waals surface area contributed by atoms with Gasteiger partial charge in [-0.05, 0) is 36.6 Å². The molecule has 6 heteroatoms. The van der Waals surface area contributed by atoms with Crippen LogP contribution < -0.4 is 5.32 Å². The number of amides is 1. The predicted octanol–water partition coefficient (Wildman–Crippen LogP) is 3.88. The number of nitrogens with one attached hydrogen (secondary N) is 1. The molecule has 1 atom stereocenters. The summed E-state index contributed by atoms with van der Waals surface area (Å²) in [7, 11) is 0. The number of rotatable bonds is 7. The Morgan fingerprint density at radius 1 is 1.24 bits per heavy atom. The molecule has 0 bridgehead atoms. The van der Waals surface area contributed by atoms with E-state index >= 15 is 0 Å². The standard InChI is InChI=1S/C19H21ClN2O3/c1-12(2)9-14(19(24)25)11-22-18(23)15-10-13(6-7-16(15)20)17-5-3-4-8-21-17/h3-8,10,12,14H,9,11H2,1-2H3,(H,22,23)(H,24,25). The minimum absolute atomic E-state index is 0.0660. The highest BCUT2D eigenvalue weighted by atomic mass is 35.5. The molecule has 132 valence electrons. The second kappa shape index (κ2) is 8.62. The Morgan fingerprint density at radius 2 is 2.00 bits per heavy atom. The molecule has 2 rings (SSSR count). The van der Waals surface area contributed by atoms with E-state index in [1.165, 1.54) is 0 Å². The summed E-state index contributed by atoms with van der Waals surface area (Å²) in [5.41, 5.74) is 1.81. The summed E-state index contributed by atoms with van der Waals surface area (Å²) in [5, 5.41) is 12.3. The second-order valence-electron chi connectivity index (χ2n) is 6.28. The maximum Gasteiger partial charge on any atom is 0.308 e. The smallest absolute Gasteiger partial charge is 0.308 e. The number of hydrogen-bond donors (Lipinski definition) is 2. The van der Waals surface area contributed by atoms with Gasteiger partial charge in [-0.2, -0.15) is 0 Å². The summed E-state index contributed by atoms with van der Waals surface area (Å²) < 4.78 is 0. The van der Waals surface area contributed by atoms with Gasteiger partial charge in [0.05, 0.1) is 22.2 Å². The van der Waals surface area contributed by atoms with E-state index in [0.29, 0.717) is 17.0 Å². The molecule has 0 radical (unpaired) electrons. The number of carboxylic acids is 1. The van der Waals surface area contributed by atoms with Crippen molar-refractivity contribution in [2.75, 3.05) is 6.54 Å². The van der Waals surface area contributed by atoms with Crippen LogP contribution >= 0.6 is 11.6 Å². The number of carbonyl (C=O) groups is 2. The molecular formula is C19H21ClN2O3. The van der Waals surface area contributed by atoms with Crippen LogP contribution in [0.4, 0.5) is 0 Å². The summed E-state index contributed by atoms with van der Waals surface area (Å²) in [6.45, 7) is 3.96. The van der Waals surface area contributed by atoms with Gasteiger partial charge in [-0.3, -0.25) is 14.6 Å². The molecule has 0 aliphatic rings. The van der Waals surface area contributed by atoms with Gasteiger partial charge in [-0.15, -0.1) is 0 Å². The van der Waals surface area contributed by atoms with E-state index in [1.54, 1.807) is 24.4 Å². The lowest BCUT2D eigenvalue weighted by Gasteiger charge is -2.16. The van der Waals surface area contributed by atoms with Gasteiger partial charge in [0.15, 0.2) is 0 Å². The van der Waals surface area contributed by atoms with Crippen molar-refractivity contribution in [2.45, 2.75) is 20.3 Å². The van der Waals surface area contributed by atoms with Crippen molar-refractivity contribution >= 4 is 23.5 Å². The molecular weight excluding hydrogens is 340 g/mol. The van der Waals surface area contributed by atoms with Gasteiger partial charge in [0.1, 0.15) is 0 Å². The number of carboxylic acid groups (broad SMARTS) is 1. The number of halogens is 1. The van der Waals surface area contributed by atoms with Crippen LogP contribution in [0, 0.1) is 11.8 Å². The Kier molecular flexibility index (Phi) is 6.53. The van der Waals surface area contributed by atoms with Crippen LogP contribution in [0.1, 0.15) is 30.6 Å². The monoisotopic (exact) mass is 360 g/mol. The Bertz CT molecular complexity index is 748. The quantitative estimate of drug-likeness (QED) is 0.785. The Hall–Kier alpha value is -2.40. The maximum atomic E-state index is 12.5. The molecule has 0 saturated heterocycles. The van der Waals surface area contributed by atoms with Gasteiger partial charge >= 0.3 is 5.97 Å². The summed E-state index contributed by atoms with van der Waals surface area (Å²) >= 11 is 6.14. The van der Waals surface area contributed by atoms with E-state index in [0.717, 1.165) is 11.3 Å². The zero-order valence-electron chi connectivity index (χ0n) is 14.2. The molecule has 1 aromatic heterocycles. The number of nitrogens with zero attached hydrogens (tertiary/aromatic N) is 1. The van der Waals surface area contributed by atoms with Crippen LogP contribution in [0.25, 0.3) is 11.3 Å². The number of hydrogen-bond acceptors (Lipinski definition) is 3. The van der Waals surface area contributed by atoms with Gasteiger partial charge in [-0.25, -0.2) is 0 Å². The van der Waals surface area contributed by atoms with Crippen molar-refractivity contribution in [3.8, 4) is 11.3 Å². The molecule has 2 aromatic rings. The van der Waals surface area contributed by atoms with Gasteiger partial charge in [0, 0.05) is 18.3 Å². The number of carbonyl (C=O) groups excluding carboxylic acids is 1. The maximum absolute atomic E-state index is 12.5. The van der Waals surface area contributed by atoms with Crippen LogP contribution in [0.2, 0.25) is 5.02 Å². The Morgan fingerprint density at radius 3 is 2.60 bits per heavy atom. The average Bonchev–Trinajstić information content (AvgIpc) is 2.59. The number of aliphatic carboxylic acids is 1. The van der Waals surface area contributed by atoms with E-state index in [1.807, 2.05) is 32.0 Å². The van der Waals surface area contributed by atoms with E-state index in [9.17, 15) is 14.7 Å². The van der Waals surface area contributed by atoms with Gasteiger partial charge in [0.25, 0.3) is 5.91 Å². The van der Waals surface area contributed by atoms with Crippen molar-refractivity contribution in [3.63, 3.8) is 0 Å². The van der Waals surface area contributed by atoms with Gasteiger partial charge < -0.3 is 10.4 Å². The van der Waals surface area contributed by atoms with Crippen molar-refractivity contribution < 1.29 is 14.7 Å². The summed E-state index contributed by atoms with van der Waals surface area (Å²) in [6, 6.07) is 10.6. The Labute approximate surface area is 152 Å². The third kappa shape index (κ3) is 5.29. The largest absolute Gasteiger partial charge is 0.481 e. The SMILES string of the molecule is CC(C)CC(CNC(=O)c1cc(-c2ccccn2)ccc1Cl)C(=O)O. The fraction of sp³-hybridized carbons (Fsp3) is 0.316. The van der Waals surface area contributed by atoms with Crippen molar-refractivity contribution in [1.29, 1.82) is 0 Å². The lowest BCUT2D eigenvalue weighted by atomic mass is 9.97. The van der Waals surface area contributed by atoms with Gasteiger partial charge in [0.2, 0.25) is 0 Å². The summed E-state index contributed by atoms with van der Waals surface area (Å²) in [5.74, 6) is -1.70. The third-order valence-electron chi connectivity index (χ3n) is 3.79. The van der Waals surface area contributed by atoms with Crippen LogP contribution in [0.15, 0.2) is 42.6 Å². The number of pyridine rings is 1. The number of aromatic nitrogens is 1. The average molecular weight is 361 g/mol. The molecule has 5 nitrogen and oxygen atoms in total. The summed E-state index contributed by atoms with van der Waals surface area (Å²) in [6.07, 6.45) is 2.17. The van der Waals surface area contributed by atoms with Crippen molar-refractivity contribution in [3.05, 3.63) is 53.2 Å². The fourth-order valence-electron chi connectivity index (χ4n) is 2.54. The molecule has 0 aliphatic heterocycles. The molecule has 1 aromatic carbocycles. The highest BCUT2D eigenvalue weighted by molar-refractivity contribution is 6.34. The third-order valence-corrected chi connectivity index (χ3v) is 4.12. The molecule has 0 aliphatic carbocycles. The molecule has 1 heterocycles. The normalized spacial score (nSPS) is 12.0. The van der Waals surface area contributed by atoms with E-state index in [-0.39, 0.29) is 12.5 Å². The molecule has 25 heavy (non-hydrogen) atoms. The first-order valence-corrected chi connectivity index (χ1v) is 8.48. The zero-order valence-corrected chi connectivity index (χ0v) is 15.0. The molecule has 1 unspecified atom stereocenters. The molecule has 0 saturated carbocycles. The van der Waals surface area contributed by atoms with E-state index < -0.39 is 17.8 Å². The van der Waals surface area contributed by atoms with Crippen molar-refractivity contribution in [2.24, 2.45) is 11.8 Å². The highest BCUT2D eigenvalue weighted by Crippen LogP contribution is 2.24. The Balaban J connectivity index is 2.14. The highest BCUT2D eigenvalue weighted by Gasteiger charge is 2.21. The first kappa shape index (κ1) is 18.9. The lowest BCUT2D eigenvalue weighted by Crippen LogP contribution is -2.33. The molecule has 0 spiro atoms. The zero-order chi connectivity index (χ0) is 18.4. The fourth-order valence-corrected chi connectivity index (χ4v) is 2.75. The number of benzene rings is 1. The first-order chi connectivity index (χ1) is 11.9.